The molecule has 5 heteroatoms. The number of nitrogens with two attached hydrogens (primary N) is 1. The predicted molar refractivity (Wildman–Crippen MR) is 80.3 cm³/mol. The van der Waals surface area contributed by atoms with E-state index in [2.05, 4.69) is 0 Å². The van der Waals surface area contributed by atoms with Crippen molar-refractivity contribution in [1.29, 1.82) is 0 Å². The Hall–Kier alpha value is -0.390. The molecule has 2 N–H and O–H groups in total. The number of thioether (sulfide) groups is 2. The first-order valence-electron chi connectivity index (χ1n) is 6.60. The van der Waals surface area contributed by atoms with Crippen molar-refractivity contribution in [3.63, 3.8) is 0 Å². The van der Waals surface area contributed by atoms with E-state index in [1.54, 1.807) is 23.9 Å². The van der Waals surface area contributed by atoms with Crippen molar-refractivity contribution >= 4 is 29.2 Å². The van der Waals surface area contributed by atoms with Gasteiger partial charge < -0.3 is 10.5 Å². The lowest BCUT2D eigenvalue weighted by molar-refractivity contribution is -0.0562. The monoisotopic (exact) mass is 299 g/mol. The maximum Gasteiger partial charge on any atom is 0.124 e. The van der Waals surface area contributed by atoms with Crippen LogP contribution in [0.4, 0.5) is 10.1 Å². The van der Waals surface area contributed by atoms with Crippen molar-refractivity contribution < 1.29 is 9.13 Å². The maximum atomic E-state index is 13.3. The van der Waals surface area contributed by atoms with Gasteiger partial charge >= 0.3 is 0 Å². The number of hydrogen-bond acceptors (Lipinski definition) is 4. The molecule has 0 radical (unpaired) electrons. The molecule has 19 heavy (non-hydrogen) atoms. The number of rotatable bonds is 2. The van der Waals surface area contributed by atoms with Crippen LogP contribution in [0.15, 0.2) is 23.1 Å². The summed E-state index contributed by atoms with van der Waals surface area (Å²) in [5, 5.41) is 0.483. The van der Waals surface area contributed by atoms with E-state index in [0.717, 1.165) is 36.5 Å². The Morgan fingerprint density at radius 2 is 2.37 bits per heavy atom. The van der Waals surface area contributed by atoms with Crippen molar-refractivity contribution in [2.24, 2.45) is 0 Å². The normalized spacial score (nSPS) is 30.9. The van der Waals surface area contributed by atoms with E-state index in [9.17, 15) is 4.39 Å². The summed E-state index contributed by atoms with van der Waals surface area (Å²) < 4.78 is 19.3. The van der Waals surface area contributed by atoms with Gasteiger partial charge in [0.2, 0.25) is 0 Å². The standard InChI is InChI=1S/C14H18FNOS2/c15-10-1-2-12(16)13(7-10)19-11-3-5-17-14(8-11)4-6-18-9-14/h1-2,7,11H,3-6,8-9,16H2. The quantitative estimate of drug-likeness (QED) is 0.847. The van der Waals surface area contributed by atoms with E-state index in [1.807, 2.05) is 11.8 Å². The number of benzene rings is 1. The Morgan fingerprint density at radius 1 is 1.47 bits per heavy atom. The molecule has 1 aromatic carbocycles. The lowest BCUT2D eigenvalue weighted by Crippen LogP contribution is -2.40. The summed E-state index contributed by atoms with van der Waals surface area (Å²) in [5.74, 6) is 2.08. The van der Waals surface area contributed by atoms with Crippen LogP contribution in [-0.2, 0) is 4.74 Å². The molecule has 3 rings (SSSR count). The van der Waals surface area contributed by atoms with E-state index in [4.69, 9.17) is 10.5 Å². The minimum atomic E-state index is -0.213. The Kier molecular flexibility index (Phi) is 3.96. The molecular formula is C14H18FNOS2. The number of anilines is 1. The molecule has 2 aliphatic heterocycles. The molecule has 2 fully saturated rings. The molecule has 2 heterocycles. The molecule has 0 aromatic heterocycles. The van der Waals surface area contributed by atoms with Crippen LogP contribution in [0, 0.1) is 5.82 Å². The first-order chi connectivity index (χ1) is 9.17. The van der Waals surface area contributed by atoms with Gasteiger partial charge in [-0.2, -0.15) is 11.8 Å². The summed E-state index contributed by atoms with van der Waals surface area (Å²) in [6.45, 7) is 0.813. The average Bonchev–Trinajstić information content (AvgIpc) is 2.82. The third kappa shape index (κ3) is 3.03. The molecule has 2 aliphatic rings. The second-order valence-corrected chi connectivity index (χ2v) is 7.70. The first-order valence-corrected chi connectivity index (χ1v) is 8.64. The number of hydrogen-bond donors (Lipinski definition) is 1. The van der Waals surface area contributed by atoms with Crippen molar-refractivity contribution in [1.82, 2.24) is 0 Å². The molecule has 2 unspecified atom stereocenters. The van der Waals surface area contributed by atoms with E-state index in [-0.39, 0.29) is 11.4 Å². The Morgan fingerprint density at radius 3 is 3.16 bits per heavy atom. The van der Waals surface area contributed by atoms with Gasteiger partial charge in [-0.15, -0.1) is 11.8 Å². The van der Waals surface area contributed by atoms with Gasteiger partial charge in [-0.05, 0) is 43.2 Å². The van der Waals surface area contributed by atoms with Crippen LogP contribution in [0.25, 0.3) is 0 Å². The molecule has 0 saturated carbocycles. The number of nitrogen functional groups attached to an aromatic ring is 1. The first kappa shape index (κ1) is 13.6. The topological polar surface area (TPSA) is 35.2 Å². The zero-order valence-electron chi connectivity index (χ0n) is 10.7. The van der Waals surface area contributed by atoms with Gasteiger partial charge in [0.15, 0.2) is 0 Å². The fourth-order valence-electron chi connectivity index (χ4n) is 2.74. The van der Waals surface area contributed by atoms with Gasteiger partial charge in [0, 0.05) is 28.2 Å². The van der Waals surface area contributed by atoms with Crippen LogP contribution < -0.4 is 5.73 Å². The molecule has 1 spiro atoms. The van der Waals surface area contributed by atoms with Gasteiger partial charge in [-0.1, -0.05) is 0 Å². The lowest BCUT2D eigenvalue weighted by atomic mass is 9.93. The summed E-state index contributed by atoms with van der Waals surface area (Å²) in [6, 6.07) is 4.61. The Balaban J connectivity index is 1.70. The van der Waals surface area contributed by atoms with Gasteiger partial charge in [-0.3, -0.25) is 0 Å². The molecule has 0 bridgehead atoms. The molecule has 2 atom stereocenters. The fraction of sp³-hybridized carbons (Fsp3) is 0.571. The van der Waals surface area contributed by atoms with Crippen molar-refractivity contribution in [2.45, 2.75) is 35.0 Å². The molecule has 1 aromatic rings. The molecule has 2 nitrogen and oxygen atoms in total. The molecule has 0 aliphatic carbocycles. The third-order valence-corrected chi connectivity index (χ3v) is 6.35. The predicted octanol–water partition coefficient (Wildman–Crippen LogP) is 3.55. The van der Waals surface area contributed by atoms with Crippen molar-refractivity contribution in [3.8, 4) is 0 Å². The van der Waals surface area contributed by atoms with Crippen molar-refractivity contribution in [2.75, 3.05) is 23.8 Å². The van der Waals surface area contributed by atoms with E-state index in [0.29, 0.717) is 10.9 Å². The lowest BCUT2D eigenvalue weighted by Gasteiger charge is -2.37. The van der Waals surface area contributed by atoms with Crippen LogP contribution in [0.2, 0.25) is 0 Å². The highest BCUT2D eigenvalue weighted by Crippen LogP contribution is 2.44. The Bertz CT molecular complexity index is 463. The minimum absolute atomic E-state index is 0.0721. The van der Waals surface area contributed by atoms with E-state index < -0.39 is 0 Å². The minimum Gasteiger partial charge on any atom is -0.398 e. The number of ether oxygens (including phenoxy) is 1. The average molecular weight is 299 g/mol. The van der Waals surface area contributed by atoms with E-state index in [1.165, 1.54) is 11.8 Å². The van der Waals surface area contributed by atoms with Gasteiger partial charge in [0.1, 0.15) is 5.82 Å². The van der Waals surface area contributed by atoms with Gasteiger partial charge in [-0.25, -0.2) is 4.39 Å². The molecule has 0 amide bonds. The van der Waals surface area contributed by atoms with Crippen LogP contribution in [0.3, 0.4) is 0 Å². The summed E-state index contributed by atoms with van der Waals surface area (Å²) in [5.41, 5.74) is 6.67. The summed E-state index contributed by atoms with van der Waals surface area (Å²) in [6.07, 6.45) is 3.22. The third-order valence-electron chi connectivity index (χ3n) is 3.78. The van der Waals surface area contributed by atoms with Crippen LogP contribution in [0.1, 0.15) is 19.3 Å². The zero-order valence-corrected chi connectivity index (χ0v) is 12.4. The second-order valence-electron chi connectivity index (χ2n) is 5.25. The molecular weight excluding hydrogens is 281 g/mol. The summed E-state index contributed by atoms with van der Waals surface area (Å²) in [4.78, 5) is 0.868. The van der Waals surface area contributed by atoms with Crippen LogP contribution in [0.5, 0.6) is 0 Å². The summed E-state index contributed by atoms with van der Waals surface area (Å²) >= 11 is 3.69. The van der Waals surface area contributed by atoms with Crippen LogP contribution >= 0.6 is 23.5 Å². The van der Waals surface area contributed by atoms with Gasteiger partial charge in [0.25, 0.3) is 0 Å². The largest absolute Gasteiger partial charge is 0.398 e. The number of halogens is 1. The highest BCUT2D eigenvalue weighted by molar-refractivity contribution is 8.00. The maximum absolute atomic E-state index is 13.3. The Labute approximate surface area is 121 Å². The molecule has 2 saturated heterocycles. The second kappa shape index (κ2) is 5.54. The smallest absolute Gasteiger partial charge is 0.124 e. The highest BCUT2D eigenvalue weighted by Gasteiger charge is 2.40. The van der Waals surface area contributed by atoms with Crippen molar-refractivity contribution in [3.05, 3.63) is 24.0 Å². The SMILES string of the molecule is Nc1ccc(F)cc1SC1CCOC2(CCSC2)C1. The van der Waals surface area contributed by atoms with Gasteiger partial charge in [0.05, 0.1) is 5.60 Å². The molecule has 104 valence electrons. The fourth-order valence-corrected chi connectivity index (χ4v) is 5.46. The van der Waals surface area contributed by atoms with Crippen LogP contribution in [-0.4, -0.2) is 29.0 Å². The zero-order chi connectivity index (χ0) is 13.3. The highest BCUT2D eigenvalue weighted by atomic mass is 32.2. The van der Waals surface area contributed by atoms with E-state index >= 15 is 0 Å². The summed E-state index contributed by atoms with van der Waals surface area (Å²) in [7, 11) is 0.